The van der Waals surface area contributed by atoms with Crippen LogP contribution < -0.4 is 24.8 Å². The summed E-state index contributed by atoms with van der Waals surface area (Å²) in [6.07, 6.45) is 1.66. The van der Waals surface area contributed by atoms with Gasteiger partial charge in [-0.15, -0.1) is 0 Å². The number of ether oxygens (including phenoxy) is 3. The molecule has 40 heavy (non-hydrogen) atoms. The molecule has 1 aliphatic carbocycles. The van der Waals surface area contributed by atoms with E-state index in [1.807, 2.05) is 32.9 Å². The van der Waals surface area contributed by atoms with E-state index >= 15 is 0 Å². The standard InChI is InChI=1S/C31H30FN3O5/c1-17-14-20(40-24-12-13-33-23-16-26(39-5)25(38-4)15-21(23)24)10-11-22(17)35-30(37)28-27(31(28,2)3)29(36)34-19-8-6-18(32)7-9-19/h6-16,27-28H,1-5H3,(H,34,36)(H,35,37)/t27-,28+/m0/s1. The Balaban J connectivity index is 1.29. The average Bonchev–Trinajstić information content (AvgIpc) is 3.52. The molecular weight excluding hydrogens is 513 g/mol. The molecule has 206 valence electrons. The fraction of sp³-hybridized carbons (Fsp3) is 0.258. The monoisotopic (exact) mass is 543 g/mol. The lowest BCUT2D eigenvalue weighted by atomic mass is 10.1. The minimum absolute atomic E-state index is 0.234. The number of fused-ring (bicyclic) bond motifs is 1. The summed E-state index contributed by atoms with van der Waals surface area (Å²) in [4.78, 5) is 30.5. The first-order chi connectivity index (χ1) is 19.1. The smallest absolute Gasteiger partial charge is 0.228 e. The van der Waals surface area contributed by atoms with E-state index in [0.29, 0.717) is 39.9 Å². The first-order valence-corrected chi connectivity index (χ1v) is 12.8. The van der Waals surface area contributed by atoms with E-state index in [9.17, 15) is 14.0 Å². The number of carbonyl (C=O) groups is 2. The third kappa shape index (κ3) is 5.14. The van der Waals surface area contributed by atoms with Gasteiger partial charge in [0.1, 0.15) is 17.3 Å². The van der Waals surface area contributed by atoms with Crippen LogP contribution in [0.2, 0.25) is 0 Å². The Kier molecular flexibility index (Phi) is 7.06. The fourth-order valence-corrected chi connectivity index (χ4v) is 5.08. The van der Waals surface area contributed by atoms with Crippen LogP contribution in [-0.4, -0.2) is 31.0 Å². The molecule has 1 heterocycles. The molecule has 9 heteroatoms. The van der Waals surface area contributed by atoms with E-state index in [4.69, 9.17) is 14.2 Å². The lowest BCUT2D eigenvalue weighted by Crippen LogP contribution is -2.20. The maximum absolute atomic E-state index is 13.2. The van der Waals surface area contributed by atoms with Gasteiger partial charge in [0.15, 0.2) is 11.5 Å². The number of nitrogens with zero attached hydrogens (tertiary/aromatic N) is 1. The van der Waals surface area contributed by atoms with Crippen molar-refractivity contribution in [2.45, 2.75) is 20.8 Å². The molecule has 1 aromatic heterocycles. The Hall–Kier alpha value is -4.66. The lowest BCUT2D eigenvalue weighted by Gasteiger charge is -2.14. The topological polar surface area (TPSA) is 98.8 Å². The number of aromatic nitrogens is 1. The largest absolute Gasteiger partial charge is 0.493 e. The van der Waals surface area contributed by atoms with E-state index in [1.165, 1.54) is 24.3 Å². The van der Waals surface area contributed by atoms with Crippen LogP contribution in [-0.2, 0) is 9.59 Å². The minimum Gasteiger partial charge on any atom is -0.493 e. The van der Waals surface area contributed by atoms with Crippen molar-refractivity contribution in [2.24, 2.45) is 17.3 Å². The normalized spacial score (nSPS) is 17.1. The first kappa shape index (κ1) is 26.9. The second kappa shape index (κ2) is 10.5. The number of nitrogens with one attached hydrogen (secondary N) is 2. The van der Waals surface area contributed by atoms with E-state index < -0.39 is 17.3 Å². The molecule has 2 amide bonds. The maximum atomic E-state index is 13.2. The van der Waals surface area contributed by atoms with Crippen LogP contribution in [0.4, 0.5) is 15.8 Å². The van der Waals surface area contributed by atoms with Gasteiger partial charge in [0.25, 0.3) is 0 Å². The maximum Gasteiger partial charge on any atom is 0.228 e. The van der Waals surface area contributed by atoms with Crippen molar-refractivity contribution in [1.82, 2.24) is 4.98 Å². The summed E-state index contributed by atoms with van der Waals surface area (Å²) >= 11 is 0. The van der Waals surface area contributed by atoms with Gasteiger partial charge in [-0.25, -0.2) is 4.39 Å². The predicted octanol–water partition coefficient (Wildman–Crippen LogP) is 6.34. The molecule has 1 aliphatic rings. The van der Waals surface area contributed by atoms with Crippen LogP contribution in [0.5, 0.6) is 23.0 Å². The summed E-state index contributed by atoms with van der Waals surface area (Å²) < 4.78 is 30.2. The summed E-state index contributed by atoms with van der Waals surface area (Å²) in [5.74, 6) is 0.425. The van der Waals surface area contributed by atoms with Crippen molar-refractivity contribution >= 4 is 34.1 Å². The Morgan fingerprint density at radius 1 is 0.850 bits per heavy atom. The zero-order valence-corrected chi connectivity index (χ0v) is 22.9. The van der Waals surface area contributed by atoms with Crippen LogP contribution in [0.15, 0.2) is 66.9 Å². The molecule has 1 saturated carbocycles. The third-order valence-corrected chi connectivity index (χ3v) is 7.39. The summed E-state index contributed by atoms with van der Waals surface area (Å²) in [5, 5.41) is 6.51. The summed E-state index contributed by atoms with van der Waals surface area (Å²) in [5.41, 5.74) is 2.09. The zero-order chi connectivity index (χ0) is 28.6. The number of benzene rings is 3. The van der Waals surface area contributed by atoms with E-state index in [2.05, 4.69) is 15.6 Å². The SMILES string of the molecule is COc1cc2nccc(Oc3ccc(NC(=O)[C@H]4[C@@H](C(=O)Nc5ccc(F)cc5)C4(C)C)c(C)c3)c2cc1OC. The van der Waals surface area contributed by atoms with E-state index in [1.54, 1.807) is 44.7 Å². The van der Waals surface area contributed by atoms with Crippen molar-refractivity contribution in [3.05, 3.63) is 78.2 Å². The molecule has 1 fully saturated rings. The molecule has 2 atom stereocenters. The van der Waals surface area contributed by atoms with Gasteiger partial charge < -0.3 is 24.8 Å². The highest BCUT2D eigenvalue weighted by molar-refractivity contribution is 6.05. The Morgan fingerprint density at radius 3 is 2.15 bits per heavy atom. The van der Waals surface area contributed by atoms with Gasteiger partial charge in [-0.2, -0.15) is 0 Å². The third-order valence-electron chi connectivity index (χ3n) is 7.39. The average molecular weight is 544 g/mol. The number of halogens is 1. The molecule has 8 nitrogen and oxygen atoms in total. The van der Waals surface area contributed by atoms with E-state index in [-0.39, 0.29) is 17.6 Å². The molecule has 5 rings (SSSR count). The first-order valence-electron chi connectivity index (χ1n) is 12.8. The van der Waals surface area contributed by atoms with Gasteiger partial charge in [0, 0.05) is 29.0 Å². The second-order valence-electron chi connectivity index (χ2n) is 10.4. The number of rotatable bonds is 8. The number of anilines is 2. The molecule has 0 aliphatic heterocycles. The van der Waals surface area contributed by atoms with Crippen LogP contribution in [0.3, 0.4) is 0 Å². The number of carbonyl (C=O) groups excluding carboxylic acids is 2. The molecule has 0 spiro atoms. The van der Waals surface area contributed by atoms with Gasteiger partial charge in [-0.05, 0) is 72.5 Å². The number of methoxy groups -OCH3 is 2. The highest BCUT2D eigenvalue weighted by atomic mass is 19.1. The number of hydrogen-bond donors (Lipinski definition) is 2. The quantitative estimate of drug-likeness (QED) is 0.269. The minimum atomic E-state index is -0.517. The van der Waals surface area contributed by atoms with Crippen LogP contribution in [0, 0.1) is 30.0 Å². The van der Waals surface area contributed by atoms with Crippen molar-refractivity contribution in [3.8, 4) is 23.0 Å². The Labute approximate surface area is 231 Å². The summed E-state index contributed by atoms with van der Waals surface area (Å²) in [6.45, 7) is 5.65. The molecule has 4 aromatic rings. The second-order valence-corrected chi connectivity index (χ2v) is 10.4. The highest BCUT2D eigenvalue weighted by Crippen LogP contribution is 2.59. The van der Waals surface area contributed by atoms with E-state index in [0.717, 1.165) is 10.9 Å². The Bertz CT molecular complexity index is 1600. The molecule has 0 bridgehead atoms. The number of hydrogen-bond acceptors (Lipinski definition) is 6. The van der Waals surface area contributed by atoms with Gasteiger partial charge in [-0.3, -0.25) is 14.6 Å². The molecule has 0 saturated heterocycles. The van der Waals surface area contributed by atoms with Crippen molar-refractivity contribution in [2.75, 3.05) is 24.9 Å². The number of amides is 2. The van der Waals surface area contributed by atoms with Gasteiger partial charge in [-0.1, -0.05) is 13.8 Å². The molecule has 3 aromatic carbocycles. The number of pyridine rings is 1. The number of aryl methyl sites for hydroxylation is 1. The van der Waals surface area contributed by atoms with Crippen molar-refractivity contribution in [1.29, 1.82) is 0 Å². The van der Waals surface area contributed by atoms with Crippen molar-refractivity contribution in [3.63, 3.8) is 0 Å². The Morgan fingerprint density at radius 2 is 1.50 bits per heavy atom. The van der Waals surface area contributed by atoms with Crippen LogP contribution >= 0.6 is 0 Å². The van der Waals surface area contributed by atoms with Crippen molar-refractivity contribution < 1.29 is 28.2 Å². The fourth-order valence-electron chi connectivity index (χ4n) is 5.08. The zero-order valence-electron chi connectivity index (χ0n) is 22.9. The molecule has 0 unspecified atom stereocenters. The predicted molar refractivity (Wildman–Crippen MR) is 151 cm³/mol. The molecule has 0 radical (unpaired) electrons. The van der Waals surface area contributed by atoms with Gasteiger partial charge >= 0.3 is 0 Å². The van der Waals surface area contributed by atoms with Gasteiger partial charge in [0.2, 0.25) is 11.8 Å². The van der Waals surface area contributed by atoms with Gasteiger partial charge in [0.05, 0.1) is 31.6 Å². The highest BCUT2D eigenvalue weighted by Gasteiger charge is 2.65. The summed E-state index contributed by atoms with van der Waals surface area (Å²) in [6, 6.07) is 16.3. The lowest BCUT2D eigenvalue weighted by molar-refractivity contribution is -0.122. The van der Waals surface area contributed by atoms with Crippen LogP contribution in [0.25, 0.3) is 10.9 Å². The summed E-state index contributed by atoms with van der Waals surface area (Å²) in [7, 11) is 3.14. The molecular formula is C31H30FN3O5. The van der Waals surface area contributed by atoms with Crippen LogP contribution in [0.1, 0.15) is 19.4 Å². The molecule has 2 N–H and O–H groups in total.